The highest BCUT2D eigenvalue weighted by molar-refractivity contribution is 6.30. The third kappa shape index (κ3) is 4.66. The molecule has 2 N–H and O–H groups in total. The third-order valence-corrected chi connectivity index (χ3v) is 4.04. The molecule has 6 nitrogen and oxygen atoms in total. The first-order valence-corrected chi connectivity index (χ1v) is 8.28. The number of aromatic nitrogens is 2. The van der Waals surface area contributed by atoms with E-state index in [0.717, 1.165) is 25.0 Å². The summed E-state index contributed by atoms with van der Waals surface area (Å²) in [5, 5.41) is 6.66. The third-order valence-electron chi connectivity index (χ3n) is 3.79. The van der Waals surface area contributed by atoms with Gasteiger partial charge in [0.2, 0.25) is 5.95 Å². The Hall–Kier alpha value is -2.18. The fraction of sp³-hybridized carbons (Fsp3) is 0.353. The maximum Gasteiger partial charge on any atom is 0.254 e. The van der Waals surface area contributed by atoms with Crippen LogP contribution in [0.5, 0.6) is 0 Å². The van der Waals surface area contributed by atoms with Crippen LogP contribution in [0.2, 0.25) is 5.02 Å². The summed E-state index contributed by atoms with van der Waals surface area (Å²) in [6.45, 7) is 1.88. The molecule has 2 aromatic rings. The molecule has 1 aliphatic heterocycles. The maximum absolute atomic E-state index is 12.0. The van der Waals surface area contributed by atoms with Crippen molar-refractivity contribution >= 4 is 23.5 Å². The van der Waals surface area contributed by atoms with Crippen LogP contribution in [0.15, 0.2) is 36.7 Å². The number of ether oxygens (including phenoxy) is 1. The molecule has 0 saturated carbocycles. The largest absolute Gasteiger partial charge is 0.376 e. The predicted octanol–water partition coefficient (Wildman–Crippen LogP) is 2.65. The van der Waals surface area contributed by atoms with Crippen molar-refractivity contribution in [3.63, 3.8) is 0 Å². The Bertz CT molecular complexity index is 670. The van der Waals surface area contributed by atoms with Gasteiger partial charge in [0, 0.05) is 37.1 Å². The summed E-state index contributed by atoms with van der Waals surface area (Å²) >= 11 is 5.85. The van der Waals surface area contributed by atoms with Crippen molar-refractivity contribution in [3.05, 3.63) is 52.8 Å². The summed E-state index contributed by atoms with van der Waals surface area (Å²) in [5.74, 6) is 0.287. The zero-order valence-corrected chi connectivity index (χ0v) is 13.9. The smallest absolute Gasteiger partial charge is 0.254 e. The van der Waals surface area contributed by atoms with E-state index in [1.165, 1.54) is 12.4 Å². The van der Waals surface area contributed by atoms with Crippen LogP contribution in [0, 0.1) is 0 Å². The molecule has 0 aliphatic carbocycles. The zero-order chi connectivity index (χ0) is 16.8. The van der Waals surface area contributed by atoms with Crippen LogP contribution in [0.25, 0.3) is 0 Å². The van der Waals surface area contributed by atoms with E-state index in [1.807, 2.05) is 24.3 Å². The highest BCUT2D eigenvalue weighted by Crippen LogP contribution is 2.12. The summed E-state index contributed by atoms with van der Waals surface area (Å²) in [6.07, 6.45) is 5.20. The fourth-order valence-electron chi connectivity index (χ4n) is 2.43. The van der Waals surface area contributed by atoms with E-state index in [0.29, 0.717) is 29.6 Å². The molecule has 1 amide bonds. The predicted molar refractivity (Wildman–Crippen MR) is 92.1 cm³/mol. The number of benzene rings is 1. The van der Waals surface area contributed by atoms with E-state index >= 15 is 0 Å². The lowest BCUT2D eigenvalue weighted by molar-refractivity contribution is 0.0857. The standard InChI is InChI=1S/C17H19ClN4O2/c18-14-5-3-12(4-6-14)8-20-17-21-9-13(10-22-17)16(23)19-11-15-2-1-7-24-15/h3-6,9-10,15H,1-2,7-8,11H2,(H,19,23)(H,20,21,22). The molecule has 1 saturated heterocycles. The van der Waals surface area contributed by atoms with E-state index in [-0.39, 0.29) is 12.0 Å². The van der Waals surface area contributed by atoms with Crippen molar-refractivity contribution in [2.24, 2.45) is 0 Å². The van der Waals surface area contributed by atoms with Crippen molar-refractivity contribution < 1.29 is 9.53 Å². The molecule has 24 heavy (non-hydrogen) atoms. The van der Waals surface area contributed by atoms with E-state index < -0.39 is 0 Å². The van der Waals surface area contributed by atoms with E-state index in [1.54, 1.807) is 0 Å². The molecule has 0 radical (unpaired) electrons. The van der Waals surface area contributed by atoms with Gasteiger partial charge in [-0.05, 0) is 30.5 Å². The number of hydrogen-bond donors (Lipinski definition) is 2. The number of anilines is 1. The highest BCUT2D eigenvalue weighted by Gasteiger charge is 2.16. The van der Waals surface area contributed by atoms with Gasteiger partial charge in [0.1, 0.15) is 0 Å². The molecule has 1 fully saturated rings. The van der Waals surface area contributed by atoms with E-state index in [4.69, 9.17) is 16.3 Å². The van der Waals surface area contributed by atoms with Crippen LogP contribution in [0.1, 0.15) is 28.8 Å². The summed E-state index contributed by atoms with van der Waals surface area (Å²) in [4.78, 5) is 20.4. The van der Waals surface area contributed by atoms with Crippen LogP contribution >= 0.6 is 11.6 Å². The molecule has 1 aromatic carbocycles. The van der Waals surface area contributed by atoms with Gasteiger partial charge in [-0.1, -0.05) is 23.7 Å². The molecule has 0 bridgehead atoms. The number of hydrogen-bond acceptors (Lipinski definition) is 5. The van der Waals surface area contributed by atoms with Crippen molar-refractivity contribution in [2.75, 3.05) is 18.5 Å². The molecule has 1 atom stereocenters. The lowest BCUT2D eigenvalue weighted by Crippen LogP contribution is -2.31. The fourth-order valence-corrected chi connectivity index (χ4v) is 2.56. The van der Waals surface area contributed by atoms with Gasteiger partial charge in [-0.15, -0.1) is 0 Å². The minimum atomic E-state index is -0.185. The van der Waals surface area contributed by atoms with Crippen LogP contribution in [-0.4, -0.2) is 35.1 Å². The Balaban J connectivity index is 1.48. The van der Waals surface area contributed by atoms with Crippen LogP contribution in [0.4, 0.5) is 5.95 Å². The molecule has 7 heteroatoms. The molecule has 0 spiro atoms. The molecular formula is C17H19ClN4O2. The Morgan fingerprint density at radius 3 is 2.67 bits per heavy atom. The van der Waals surface area contributed by atoms with Gasteiger partial charge in [-0.3, -0.25) is 4.79 Å². The zero-order valence-electron chi connectivity index (χ0n) is 13.2. The first kappa shape index (κ1) is 16.7. The second-order valence-electron chi connectivity index (χ2n) is 5.62. The van der Waals surface area contributed by atoms with Gasteiger partial charge < -0.3 is 15.4 Å². The Labute approximate surface area is 145 Å². The first-order chi connectivity index (χ1) is 11.7. The first-order valence-electron chi connectivity index (χ1n) is 7.91. The molecule has 126 valence electrons. The Morgan fingerprint density at radius 2 is 2.00 bits per heavy atom. The van der Waals surface area contributed by atoms with E-state index in [2.05, 4.69) is 20.6 Å². The van der Waals surface area contributed by atoms with Gasteiger partial charge in [0.25, 0.3) is 5.91 Å². The van der Waals surface area contributed by atoms with Gasteiger partial charge in [0.05, 0.1) is 11.7 Å². The average molecular weight is 347 g/mol. The van der Waals surface area contributed by atoms with Crippen molar-refractivity contribution in [1.82, 2.24) is 15.3 Å². The number of nitrogens with one attached hydrogen (secondary N) is 2. The summed E-state index contributed by atoms with van der Waals surface area (Å²) in [5.41, 5.74) is 1.51. The molecular weight excluding hydrogens is 328 g/mol. The number of nitrogens with zero attached hydrogens (tertiary/aromatic N) is 2. The van der Waals surface area contributed by atoms with Crippen LogP contribution in [0.3, 0.4) is 0 Å². The Morgan fingerprint density at radius 1 is 1.25 bits per heavy atom. The number of carbonyl (C=O) groups is 1. The SMILES string of the molecule is O=C(NCC1CCCO1)c1cnc(NCc2ccc(Cl)cc2)nc1. The van der Waals surface area contributed by atoms with Gasteiger partial charge in [-0.25, -0.2) is 9.97 Å². The topological polar surface area (TPSA) is 76.1 Å². The summed E-state index contributed by atoms with van der Waals surface area (Å²) in [6, 6.07) is 7.53. The number of carbonyl (C=O) groups excluding carboxylic acids is 1. The normalized spacial score (nSPS) is 16.8. The maximum atomic E-state index is 12.0. The number of halogens is 1. The second kappa shape index (κ2) is 8.08. The van der Waals surface area contributed by atoms with Crippen molar-refractivity contribution in [2.45, 2.75) is 25.5 Å². The van der Waals surface area contributed by atoms with Crippen LogP contribution < -0.4 is 10.6 Å². The Kier molecular flexibility index (Phi) is 5.61. The van der Waals surface area contributed by atoms with Gasteiger partial charge in [-0.2, -0.15) is 0 Å². The van der Waals surface area contributed by atoms with E-state index in [9.17, 15) is 4.79 Å². The summed E-state index contributed by atoms with van der Waals surface area (Å²) in [7, 11) is 0. The number of rotatable bonds is 6. The lowest BCUT2D eigenvalue weighted by Gasteiger charge is -2.10. The minimum Gasteiger partial charge on any atom is -0.376 e. The molecule has 2 heterocycles. The second-order valence-corrected chi connectivity index (χ2v) is 6.06. The van der Waals surface area contributed by atoms with Crippen molar-refractivity contribution in [3.8, 4) is 0 Å². The summed E-state index contributed by atoms with van der Waals surface area (Å²) < 4.78 is 5.48. The van der Waals surface area contributed by atoms with Crippen LogP contribution in [-0.2, 0) is 11.3 Å². The minimum absolute atomic E-state index is 0.121. The molecule has 1 unspecified atom stereocenters. The quantitative estimate of drug-likeness (QED) is 0.841. The lowest BCUT2D eigenvalue weighted by atomic mass is 10.2. The molecule has 1 aliphatic rings. The van der Waals surface area contributed by atoms with Gasteiger partial charge in [0.15, 0.2) is 0 Å². The number of amides is 1. The van der Waals surface area contributed by atoms with Gasteiger partial charge >= 0.3 is 0 Å². The highest BCUT2D eigenvalue weighted by atomic mass is 35.5. The van der Waals surface area contributed by atoms with Crippen molar-refractivity contribution in [1.29, 1.82) is 0 Å². The average Bonchev–Trinajstić information content (AvgIpc) is 3.13. The molecule has 3 rings (SSSR count). The monoisotopic (exact) mass is 346 g/mol. The molecule has 1 aromatic heterocycles.